The summed E-state index contributed by atoms with van der Waals surface area (Å²) < 4.78 is 13.6. The van der Waals surface area contributed by atoms with Crippen molar-refractivity contribution in [1.29, 1.82) is 0 Å². The molecule has 2 aliphatic carbocycles. The molecule has 0 amide bonds. The Morgan fingerprint density at radius 2 is 1.43 bits per heavy atom. The first-order valence-corrected chi connectivity index (χ1v) is 17.9. The second kappa shape index (κ2) is 10.7. The Kier molecular flexibility index (Phi) is 6.06. The van der Waals surface area contributed by atoms with E-state index in [4.69, 9.17) is 20.8 Å². The normalized spacial score (nSPS) is 17.2. The Hall–Kier alpha value is -6.03. The Bertz CT molecular complexity index is 2810. The summed E-state index contributed by atoms with van der Waals surface area (Å²) in [4.78, 5) is 2.37. The van der Waals surface area contributed by atoms with Crippen molar-refractivity contribution in [2.45, 2.75) is 18.3 Å². The Morgan fingerprint density at radius 3 is 2.35 bits per heavy atom. The molecule has 0 fully saturated rings. The molecule has 0 N–H and O–H groups in total. The van der Waals surface area contributed by atoms with Crippen LogP contribution in [-0.4, -0.2) is 0 Å². The molecule has 11 rings (SSSR count). The van der Waals surface area contributed by atoms with Gasteiger partial charge in [0.05, 0.1) is 22.2 Å². The fourth-order valence-electron chi connectivity index (χ4n) is 9.13. The van der Waals surface area contributed by atoms with Crippen LogP contribution in [0.5, 0.6) is 5.75 Å². The second-order valence-electron chi connectivity index (χ2n) is 13.6. The molecule has 7 aromatic carbocycles. The summed E-state index contributed by atoms with van der Waals surface area (Å²) in [5.41, 5.74) is 11.9. The van der Waals surface area contributed by atoms with Gasteiger partial charge in [-0.3, -0.25) is 0 Å². The molecule has 0 radical (unpaired) electrons. The summed E-state index contributed by atoms with van der Waals surface area (Å²) in [6, 6.07) is 53.9. The molecule has 3 nitrogen and oxygen atoms in total. The van der Waals surface area contributed by atoms with Crippen molar-refractivity contribution in [3.8, 4) is 16.9 Å². The van der Waals surface area contributed by atoms with Crippen LogP contribution in [0.2, 0.25) is 5.02 Å². The van der Waals surface area contributed by atoms with E-state index >= 15 is 0 Å². The maximum atomic E-state index is 7.20. The van der Waals surface area contributed by atoms with Gasteiger partial charge in [0.25, 0.3) is 0 Å². The Morgan fingerprint density at radius 1 is 0.627 bits per heavy atom. The molecule has 0 bridgehead atoms. The molecule has 1 spiro atoms. The van der Waals surface area contributed by atoms with Crippen LogP contribution in [0, 0.1) is 0 Å². The predicted molar refractivity (Wildman–Crippen MR) is 208 cm³/mol. The lowest BCUT2D eigenvalue weighted by Crippen LogP contribution is -2.38. The number of ether oxygens (including phenoxy) is 1. The quantitative estimate of drug-likeness (QED) is 0.186. The topological polar surface area (TPSA) is 25.6 Å². The van der Waals surface area contributed by atoms with Gasteiger partial charge in [-0.1, -0.05) is 121 Å². The van der Waals surface area contributed by atoms with Gasteiger partial charge in [-0.25, -0.2) is 0 Å². The number of benzene rings is 7. The summed E-state index contributed by atoms with van der Waals surface area (Å²) in [5, 5.41) is 5.24. The number of furan rings is 1. The van der Waals surface area contributed by atoms with E-state index in [1.807, 2.05) is 18.2 Å². The fraction of sp³-hybridized carbons (Fsp3) is 0.0638. The van der Waals surface area contributed by atoms with E-state index in [0.717, 1.165) is 63.4 Å². The van der Waals surface area contributed by atoms with Gasteiger partial charge in [0.15, 0.2) is 5.76 Å². The Labute approximate surface area is 300 Å². The van der Waals surface area contributed by atoms with Gasteiger partial charge in [-0.2, -0.15) is 0 Å². The Balaban J connectivity index is 1.23. The van der Waals surface area contributed by atoms with Crippen molar-refractivity contribution in [3.05, 3.63) is 196 Å². The molecular formula is C47H30ClNO2. The average Bonchev–Trinajstić information content (AvgIpc) is 3.70. The average molecular weight is 676 g/mol. The number of para-hydroxylation sites is 2. The molecule has 51 heavy (non-hydrogen) atoms. The van der Waals surface area contributed by atoms with E-state index in [9.17, 15) is 0 Å². The maximum Gasteiger partial charge on any atom is 0.151 e. The molecule has 2 heterocycles. The van der Waals surface area contributed by atoms with Gasteiger partial charge in [-0.15, -0.1) is 0 Å². The molecular weight excluding hydrogens is 646 g/mol. The van der Waals surface area contributed by atoms with Crippen molar-refractivity contribution < 1.29 is 9.15 Å². The zero-order valence-electron chi connectivity index (χ0n) is 27.6. The highest BCUT2D eigenvalue weighted by Crippen LogP contribution is 2.63. The molecule has 242 valence electrons. The zero-order valence-corrected chi connectivity index (χ0v) is 28.3. The van der Waals surface area contributed by atoms with E-state index < -0.39 is 5.41 Å². The van der Waals surface area contributed by atoms with E-state index in [0.29, 0.717) is 5.02 Å². The maximum absolute atomic E-state index is 7.20. The number of allylic oxidation sites excluding steroid dienone is 2. The van der Waals surface area contributed by atoms with Crippen LogP contribution in [0.1, 0.15) is 29.5 Å². The molecule has 1 aliphatic heterocycles. The molecule has 1 unspecified atom stereocenters. The lowest BCUT2D eigenvalue weighted by atomic mass is 9.63. The third-order valence-electron chi connectivity index (χ3n) is 11.1. The van der Waals surface area contributed by atoms with Crippen molar-refractivity contribution in [2.75, 3.05) is 4.90 Å². The zero-order chi connectivity index (χ0) is 33.7. The summed E-state index contributed by atoms with van der Waals surface area (Å²) >= 11 is 6.45. The highest BCUT2D eigenvalue weighted by molar-refractivity contribution is 6.31. The lowest BCUT2D eigenvalue weighted by Gasteiger charge is -2.44. The summed E-state index contributed by atoms with van der Waals surface area (Å²) in [7, 11) is 0. The number of anilines is 2. The highest BCUT2D eigenvalue weighted by Gasteiger charge is 2.53. The molecule has 1 atom stereocenters. The summed E-state index contributed by atoms with van der Waals surface area (Å²) in [5.74, 6) is 1.79. The van der Waals surface area contributed by atoms with Crippen LogP contribution in [0.4, 0.5) is 11.4 Å². The number of nitrogens with zero attached hydrogens (tertiary/aromatic N) is 1. The highest BCUT2D eigenvalue weighted by atomic mass is 35.5. The number of hydrogen-bond donors (Lipinski definition) is 0. The van der Waals surface area contributed by atoms with Crippen molar-refractivity contribution >= 4 is 55.7 Å². The third-order valence-corrected chi connectivity index (χ3v) is 11.3. The largest absolute Gasteiger partial charge is 0.456 e. The predicted octanol–water partition coefficient (Wildman–Crippen LogP) is 12.9. The van der Waals surface area contributed by atoms with Crippen molar-refractivity contribution in [3.63, 3.8) is 0 Å². The van der Waals surface area contributed by atoms with Gasteiger partial charge in [-0.05, 0) is 93.9 Å². The van der Waals surface area contributed by atoms with Crippen molar-refractivity contribution in [1.82, 2.24) is 0 Å². The number of fused-ring (bicyclic) bond motifs is 13. The second-order valence-corrected chi connectivity index (χ2v) is 14.0. The molecule has 0 saturated carbocycles. The third kappa shape index (κ3) is 3.90. The molecule has 3 aliphatic rings. The monoisotopic (exact) mass is 675 g/mol. The standard InChI is InChI=1S/C47H30ClNO2/c48-30-25-26-34-43(28-30)50-42-23-11-20-39(45(34)42)49(31-13-2-1-3-14-31)40-21-10-19-38-46(40)51-41-22-9-8-18-36(41)47(38)35-17-7-6-16-33(35)44-32-15-5-4-12-29(32)24-27-37(44)47/h1-9,11-18,20-28H,10,19H2. The van der Waals surface area contributed by atoms with E-state index in [1.165, 1.54) is 44.2 Å². The van der Waals surface area contributed by atoms with E-state index in [2.05, 4.69) is 144 Å². The van der Waals surface area contributed by atoms with Crippen LogP contribution in [0.15, 0.2) is 179 Å². The number of rotatable bonds is 3. The SMILES string of the molecule is Clc1ccc2c(c1)oc1cccc(N(C3=CCCC4=C3Oc3ccccc3C43c4ccccc4-c4c3ccc3ccccc43)c3ccccc3)c12. The van der Waals surface area contributed by atoms with Crippen LogP contribution in [-0.2, 0) is 5.41 Å². The number of halogens is 1. The van der Waals surface area contributed by atoms with Crippen LogP contribution < -0.4 is 9.64 Å². The smallest absolute Gasteiger partial charge is 0.151 e. The first-order chi connectivity index (χ1) is 25.2. The van der Waals surface area contributed by atoms with E-state index in [-0.39, 0.29) is 0 Å². The van der Waals surface area contributed by atoms with Gasteiger partial charge in [0.2, 0.25) is 0 Å². The molecule has 1 aromatic heterocycles. The first kappa shape index (κ1) is 28.8. The van der Waals surface area contributed by atoms with Gasteiger partial charge in [0.1, 0.15) is 16.9 Å². The van der Waals surface area contributed by atoms with Gasteiger partial charge >= 0.3 is 0 Å². The van der Waals surface area contributed by atoms with Crippen molar-refractivity contribution in [2.24, 2.45) is 0 Å². The van der Waals surface area contributed by atoms with Crippen LogP contribution in [0.3, 0.4) is 0 Å². The van der Waals surface area contributed by atoms with Crippen LogP contribution in [0.25, 0.3) is 43.8 Å². The lowest BCUT2D eigenvalue weighted by molar-refractivity contribution is 0.379. The van der Waals surface area contributed by atoms with Gasteiger partial charge < -0.3 is 14.1 Å². The number of hydrogen-bond acceptors (Lipinski definition) is 3. The summed E-state index contributed by atoms with van der Waals surface area (Å²) in [6.45, 7) is 0. The van der Waals surface area contributed by atoms with Crippen LogP contribution >= 0.6 is 11.6 Å². The molecule has 8 aromatic rings. The summed E-state index contributed by atoms with van der Waals surface area (Å²) in [6.07, 6.45) is 4.09. The minimum atomic E-state index is -0.521. The minimum absolute atomic E-state index is 0.521. The van der Waals surface area contributed by atoms with Gasteiger partial charge in [0, 0.05) is 27.7 Å². The molecule has 4 heteroatoms. The van der Waals surface area contributed by atoms with E-state index in [1.54, 1.807) is 0 Å². The fourth-order valence-corrected chi connectivity index (χ4v) is 9.29. The molecule has 0 saturated heterocycles. The minimum Gasteiger partial charge on any atom is -0.456 e. The first-order valence-electron chi connectivity index (χ1n) is 17.5.